The number of urea groups is 1. The summed E-state index contributed by atoms with van der Waals surface area (Å²) < 4.78 is 0. The lowest BCUT2D eigenvalue weighted by Gasteiger charge is -2.15. The number of carbonyl (C=O) groups is 1. The van der Waals surface area contributed by atoms with Crippen LogP contribution in [0.1, 0.15) is 18.4 Å². The number of amides is 2. The van der Waals surface area contributed by atoms with Gasteiger partial charge in [-0.25, -0.2) is 4.79 Å². The molecule has 1 fully saturated rings. The molecule has 1 aliphatic rings. The molecule has 1 aromatic rings. The minimum absolute atomic E-state index is 0.0457. The van der Waals surface area contributed by atoms with Crippen molar-refractivity contribution in [3.8, 4) is 0 Å². The van der Waals surface area contributed by atoms with E-state index in [0.717, 1.165) is 31.5 Å². The molecular weight excluding hydrogens is 190 g/mol. The van der Waals surface area contributed by atoms with Crippen molar-refractivity contribution < 1.29 is 4.79 Å². The van der Waals surface area contributed by atoms with Gasteiger partial charge in [0, 0.05) is 32.0 Å². The van der Waals surface area contributed by atoms with E-state index in [-0.39, 0.29) is 6.03 Å². The van der Waals surface area contributed by atoms with Crippen molar-refractivity contribution in [3.05, 3.63) is 30.1 Å². The number of carbonyl (C=O) groups excluding carboxylic acids is 1. The second kappa shape index (κ2) is 4.77. The van der Waals surface area contributed by atoms with Crippen molar-refractivity contribution in [1.29, 1.82) is 0 Å². The van der Waals surface area contributed by atoms with E-state index in [9.17, 15) is 4.79 Å². The minimum atomic E-state index is 0.0457. The summed E-state index contributed by atoms with van der Waals surface area (Å²) in [5.74, 6) is 0. The highest BCUT2D eigenvalue weighted by molar-refractivity contribution is 5.74. The Morgan fingerprint density at radius 2 is 2.00 bits per heavy atom. The van der Waals surface area contributed by atoms with Crippen LogP contribution >= 0.6 is 0 Å². The highest BCUT2D eigenvalue weighted by atomic mass is 16.2. The normalized spacial score (nSPS) is 15.3. The summed E-state index contributed by atoms with van der Waals surface area (Å²) in [6.45, 7) is 2.36. The Morgan fingerprint density at radius 3 is 2.67 bits per heavy atom. The maximum atomic E-state index is 11.6. The number of nitrogens with zero attached hydrogens (tertiary/aromatic N) is 2. The van der Waals surface area contributed by atoms with Gasteiger partial charge in [0.1, 0.15) is 0 Å². The zero-order chi connectivity index (χ0) is 10.5. The smallest absolute Gasteiger partial charge is 0.317 e. The number of nitrogens with one attached hydrogen (secondary N) is 1. The van der Waals surface area contributed by atoms with E-state index in [1.807, 2.05) is 17.0 Å². The molecule has 1 aromatic heterocycles. The summed E-state index contributed by atoms with van der Waals surface area (Å²) in [6, 6.07) is 3.86. The van der Waals surface area contributed by atoms with Gasteiger partial charge in [-0.15, -0.1) is 0 Å². The number of likely N-dealkylation sites (tertiary alicyclic amines) is 1. The number of hydrogen-bond donors (Lipinski definition) is 1. The quantitative estimate of drug-likeness (QED) is 0.793. The van der Waals surface area contributed by atoms with Gasteiger partial charge in [0.2, 0.25) is 0 Å². The Labute approximate surface area is 89.3 Å². The lowest BCUT2D eigenvalue weighted by Crippen LogP contribution is -2.37. The van der Waals surface area contributed by atoms with Crippen LogP contribution in [-0.4, -0.2) is 29.0 Å². The average molecular weight is 205 g/mol. The first-order chi connectivity index (χ1) is 7.36. The van der Waals surface area contributed by atoms with Gasteiger partial charge in [-0.05, 0) is 30.5 Å². The van der Waals surface area contributed by atoms with Gasteiger partial charge >= 0.3 is 6.03 Å². The molecule has 0 radical (unpaired) electrons. The van der Waals surface area contributed by atoms with E-state index >= 15 is 0 Å². The Kier molecular flexibility index (Phi) is 3.17. The first kappa shape index (κ1) is 9.96. The summed E-state index contributed by atoms with van der Waals surface area (Å²) in [6.07, 6.45) is 5.72. The summed E-state index contributed by atoms with van der Waals surface area (Å²) in [5.41, 5.74) is 1.08. The van der Waals surface area contributed by atoms with Crippen molar-refractivity contribution in [2.45, 2.75) is 19.4 Å². The summed E-state index contributed by atoms with van der Waals surface area (Å²) in [5, 5.41) is 2.90. The molecule has 1 aliphatic heterocycles. The fraction of sp³-hybridized carbons (Fsp3) is 0.455. The molecule has 0 atom stereocenters. The maximum absolute atomic E-state index is 11.6. The van der Waals surface area contributed by atoms with E-state index in [4.69, 9.17) is 0 Å². The molecule has 4 nitrogen and oxygen atoms in total. The summed E-state index contributed by atoms with van der Waals surface area (Å²) >= 11 is 0. The molecule has 1 N–H and O–H groups in total. The Morgan fingerprint density at radius 1 is 1.33 bits per heavy atom. The fourth-order valence-corrected chi connectivity index (χ4v) is 1.71. The molecule has 1 saturated heterocycles. The molecule has 0 saturated carbocycles. The number of rotatable bonds is 2. The van der Waals surface area contributed by atoms with Crippen molar-refractivity contribution in [3.63, 3.8) is 0 Å². The van der Waals surface area contributed by atoms with Gasteiger partial charge in [0.15, 0.2) is 0 Å². The van der Waals surface area contributed by atoms with Gasteiger partial charge in [0.05, 0.1) is 0 Å². The molecule has 0 aromatic carbocycles. The van der Waals surface area contributed by atoms with Gasteiger partial charge in [-0.3, -0.25) is 4.98 Å². The van der Waals surface area contributed by atoms with Crippen LogP contribution in [0.2, 0.25) is 0 Å². The van der Waals surface area contributed by atoms with Crippen LogP contribution in [0.25, 0.3) is 0 Å². The van der Waals surface area contributed by atoms with Crippen molar-refractivity contribution >= 4 is 6.03 Å². The molecule has 0 bridgehead atoms. The Balaban J connectivity index is 1.80. The molecule has 0 spiro atoms. The second-order valence-corrected chi connectivity index (χ2v) is 3.71. The molecule has 0 unspecified atom stereocenters. The van der Waals surface area contributed by atoms with E-state index in [0.29, 0.717) is 6.54 Å². The van der Waals surface area contributed by atoms with Crippen LogP contribution in [0, 0.1) is 0 Å². The van der Waals surface area contributed by atoms with Gasteiger partial charge in [0.25, 0.3) is 0 Å². The predicted molar refractivity (Wildman–Crippen MR) is 57.3 cm³/mol. The first-order valence-corrected chi connectivity index (χ1v) is 5.28. The molecule has 2 heterocycles. The molecule has 0 aliphatic carbocycles. The summed E-state index contributed by atoms with van der Waals surface area (Å²) in [7, 11) is 0. The standard InChI is InChI=1S/C11H15N3O/c15-11(14-7-1-2-8-14)13-9-10-3-5-12-6-4-10/h3-6H,1-2,7-9H2,(H,13,15). The van der Waals surface area contributed by atoms with Gasteiger partial charge < -0.3 is 10.2 Å². The monoisotopic (exact) mass is 205 g/mol. The third kappa shape index (κ3) is 2.68. The molecule has 4 heteroatoms. The fourth-order valence-electron chi connectivity index (χ4n) is 1.71. The van der Waals surface area contributed by atoms with Crippen LogP contribution in [0.15, 0.2) is 24.5 Å². The Hall–Kier alpha value is -1.58. The number of hydrogen-bond acceptors (Lipinski definition) is 2. The van der Waals surface area contributed by atoms with Crippen LogP contribution < -0.4 is 5.32 Å². The molecule has 2 amide bonds. The number of pyridine rings is 1. The van der Waals surface area contributed by atoms with Crippen LogP contribution in [0.5, 0.6) is 0 Å². The van der Waals surface area contributed by atoms with E-state index in [2.05, 4.69) is 10.3 Å². The van der Waals surface area contributed by atoms with Gasteiger partial charge in [-0.2, -0.15) is 0 Å². The average Bonchev–Trinajstić information content (AvgIpc) is 2.81. The topological polar surface area (TPSA) is 45.2 Å². The molecule has 15 heavy (non-hydrogen) atoms. The number of aromatic nitrogens is 1. The predicted octanol–water partition coefficient (Wildman–Crippen LogP) is 1.39. The van der Waals surface area contributed by atoms with Crippen LogP contribution in [-0.2, 0) is 6.54 Å². The lowest BCUT2D eigenvalue weighted by molar-refractivity contribution is 0.208. The highest BCUT2D eigenvalue weighted by Crippen LogP contribution is 2.07. The SMILES string of the molecule is O=C(NCc1ccncc1)N1CCCC1. The third-order valence-electron chi connectivity index (χ3n) is 2.59. The van der Waals surface area contributed by atoms with Crippen molar-refractivity contribution in [2.75, 3.05) is 13.1 Å². The van der Waals surface area contributed by atoms with Crippen molar-refractivity contribution in [1.82, 2.24) is 15.2 Å². The lowest BCUT2D eigenvalue weighted by atomic mass is 10.3. The molecule has 80 valence electrons. The van der Waals surface area contributed by atoms with Crippen molar-refractivity contribution in [2.24, 2.45) is 0 Å². The van der Waals surface area contributed by atoms with Crippen LogP contribution in [0.4, 0.5) is 4.79 Å². The molecular formula is C11H15N3O. The minimum Gasteiger partial charge on any atom is -0.334 e. The van der Waals surface area contributed by atoms with Gasteiger partial charge in [-0.1, -0.05) is 0 Å². The highest BCUT2D eigenvalue weighted by Gasteiger charge is 2.16. The third-order valence-corrected chi connectivity index (χ3v) is 2.59. The van der Waals surface area contributed by atoms with E-state index in [1.54, 1.807) is 12.4 Å². The Bertz CT molecular complexity index is 320. The van der Waals surface area contributed by atoms with E-state index < -0.39 is 0 Å². The largest absolute Gasteiger partial charge is 0.334 e. The van der Waals surface area contributed by atoms with Crippen LogP contribution in [0.3, 0.4) is 0 Å². The second-order valence-electron chi connectivity index (χ2n) is 3.71. The van der Waals surface area contributed by atoms with E-state index in [1.165, 1.54) is 0 Å². The zero-order valence-corrected chi connectivity index (χ0v) is 8.65. The maximum Gasteiger partial charge on any atom is 0.317 e. The zero-order valence-electron chi connectivity index (χ0n) is 8.65. The first-order valence-electron chi connectivity index (χ1n) is 5.28. The molecule has 2 rings (SSSR count). The summed E-state index contributed by atoms with van der Waals surface area (Å²) in [4.78, 5) is 17.4.